The Morgan fingerprint density at radius 3 is 2.48 bits per heavy atom. The molecule has 0 radical (unpaired) electrons. The Morgan fingerprint density at radius 1 is 1.11 bits per heavy atom. The van der Waals surface area contributed by atoms with Crippen molar-refractivity contribution in [3.63, 3.8) is 0 Å². The lowest BCUT2D eigenvalue weighted by atomic mass is 10.2. The summed E-state index contributed by atoms with van der Waals surface area (Å²) in [6.45, 7) is 0.841. The summed E-state index contributed by atoms with van der Waals surface area (Å²) in [5.41, 5.74) is 8.39. The first kappa shape index (κ1) is 18.5. The molecule has 0 fully saturated rings. The van der Waals surface area contributed by atoms with Gasteiger partial charge >= 0.3 is 0 Å². The number of nitrogens with two attached hydrogens (primary N) is 1. The van der Waals surface area contributed by atoms with Crippen molar-refractivity contribution >= 4 is 22.8 Å². The third-order valence-corrected chi connectivity index (χ3v) is 4.08. The molecule has 0 aliphatic carbocycles. The van der Waals surface area contributed by atoms with E-state index in [0.717, 1.165) is 23.0 Å². The van der Waals surface area contributed by atoms with E-state index in [4.69, 9.17) is 10.6 Å². The van der Waals surface area contributed by atoms with E-state index in [1.807, 2.05) is 62.6 Å². The monoisotopic (exact) mass is 365 g/mol. The lowest BCUT2D eigenvalue weighted by molar-refractivity contribution is 0.0861. The van der Waals surface area contributed by atoms with Crippen molar-refractivity contribution in [3.8, 4) is 5.75 Å². The van der Waals surface area contributed by atoms with Crippen LogP contribution in [0.15, 0.2) is 59.8 Å². The van der Waals surface area contributed by atoms with Crippen molar-refractivity contribution in [3.05, 3.63) is 65.9 Å². The Hall–Kier alpha value is -3.32. The number of aromatic amines is 1. The first-order valence-corrected chi connectivity index (χ1v) is 8.54. The van der Waals surface area contributed by atoms with Crippen LogP contribution < -0.4 is 10.6 Å². The summed E-state index contributed by atoms with van der Waals surface area (Å²) >= 11 is 0. The Kier molecular flexibility index (Phi) is 5.42. The lowest BCUT2D eigenvalue weighted by Gasteiger charge is -2.14. The summed E-state index contributed by atoms with van der Waals surface area (Å²) in [4.78, 5) is 24.3. The van der Waals surface area contributed by atoms with E-state index in [-0.39, 0.29) is 11.9 Å². The summed E-state index contributed by atoms with van der Waals surface area (Å²) < 4.78 is 0. The largest absolute Gasteiger partial charge is 0.367 e. The van der Waals surface area contributed by atoms with Crippen LogP contribution in [0.2, 0.25) is 0 Å². The number of carbonyl (C=O) groups excluding carboxylic acids is 1. The fourth-order valence-corrected chi connectivity index (χ4v) is 2.65. The number of fused-ring (bicyclic) bond motifs is 1. The van der Waals surface area contributed by atoms with Crippen LogP contribution in [0.3, 0.4) is 0 Å². The van der Waals surface area contributed by atoms with Crippen molar-refractivity contribution in [2.45, 2.75) is 6.54 Å². The molecule has 1 amide bonds. The predicted molar refractivity (Wildman–Crippen MR) is 106 cm³/mol. The third kappa shape index (κ3) is 4.45. The second kappa shape index (κ2) is 7.92. The Bertz CT molecular complexity index is 927. The summed E-state index contributed by atoms with van der Waals surface area (Å²) in [7, 11) is 5.57. The molecule has 0 aliphatic heterocycles. The molecular weight excluding hydrogens is 342 g/mol. The maximum atomic E-state index is 12.6. The van der Waals surface area contributed by atoms with Crippen LogP contribution in [0.1, 0.15) is 16.1 Å². The van der Waals surface area contributed by atoms with Gasteiger partial charge in [0.15, 0.2) is 5.75 Å². The van der Waals surface area contributed by atoms with Gasteiger partial charge in [0.1, 0.15) is 5.69 Å². The average molecular weight is 365 g/mol. The van der Waals surface area contributed by atoms with Gasteiger partial charge in [0.25, 0.3) is 5.91 Å². The summed E-state index contributed by atoms with van der Waals surface area (Å²) in [5.74, 6) is 0.223. The minimum atomic E-state index is -0.294. The first-order valence-electron chi connectivity index (χ1n) is 8.54. The summed E-state index contributed by atoms with van der Waals surface area (Å²) in [6, 6.07) is 17.0. The van der Waals surface area contributed by atoms with Crippen molar-refractivity contribution in [2.75, 3.05) is 21.1 Å². The number of hydrogen-bond donors (Lipinski definition) is 2. The number of oxime groups is 1. The number of carbonyl (C=O) groups is 1. The Labute approximate surface area is 158 Å². The number of guanidine groups is 1. The third-order valence-electron chi connectivity index (χ3n) is 4.08. The number of amides is 1. The number of H-pyrrole nitrogens is 1. The van der Waals surface area contributed by atoms with E-state index in [1.54, 1.807) is 13.1 Å². The van der Waals surface area contributed by atoms with E-state index in [0.29, 0.717) is 11.4 Å². The molecule has 1 heterocycles. The fourth-order valence-electron chi connectivity index (χ4n) is 2.65. The van der Waals surface area contributed by atoms with Gasteiger partial charge in [0.05, 0.1) is 0 Å². The topological polar surface area (TPSA) is 86.9 Å². The Balaban J connectivity index is 1.66. The SMILES string of the molecule is CN(C)Cc1ccc(ON=C(N)N(C)C(=O)c2cc3ccccc3[nH]2)cc1. The summed E-state index contributed by atoms with van der Waals surface area (Å²) in [5, 5.41) is 4.82. The van der Waals surface area contributed by atoms with Crippen molar-refractivity contribution in [2.24, 2.45) is 10.9 Å². The standard InChI is InChI=1S/C20H23N5O2/c1-24(2)13-14-8-10-16(11-9-14)27-23-20(21)25(3)19(26)18-12-15-6-4-5-7-17(15)22-18/h4-12,22H,13H2,1-3H3,(H2,21,23). The lowest BCUT2D eigenvalue weighted by Crippen LogP contribution is -2.39. The van der Waals surface area contributed by atoms with E-state index in [2.05, 4.69) is 15.0 Å². The highest BCUT2D eigenvalue weighted by atomic mass is 16.6. The van der Waals surface area contributed by atoms with Gasteiger partial charge in [-0.3, -0.25) is 9.69 Å². The van der Waals surface area contributed by atoms with Crippen molar-refractivity contribution in [1.29, 1.82) is 0 Å². The molecule has 0 unspecified atom stereocenters. The van der Waals surface area contributed by atoms with Crippen LogP contribution in [0.25, 0.3) is 10.9 Å². The molecule has 7 nitrogen and oxygen atoms in total. The zero-order valence-corrected chi connectivity index (χ0v) is 15.6. The van der Waals surface area contributed by atoms with Gasteiger partial charge in [-0.1, -0.05) is 30.3 Å². The molecule has 0 bridgehead atoms. The number of hydrogen-bond acceptors (Lipinski definition) is 4. The van der Waals surface area contributed by atoms with E-state index >= 15 is 0 Å². The maximum Gasteiger partial charge on any atom is 0.276 e. The van der Waals surface area contributed by atoms with Gasteiger partial charge in [-0.25, -0.2) is 0 Å². The van der Waals surface area contributed by atoms with Gasteiger partial charge in [-0.05, 0) is 49.1 Å². The van der Waals surface area contributed by atoms with E-state index < -0.39 is 0 Å². The van der Waals surface area contributed by atoms with Crippen LogP contribution in [-0.2, 0) is 6.54 Å². The minimum absolute atomic E-state index is 0.0315. The number of aromatic nitrogens is 1. The van der Waals surface area contributed by atoms with E-state index in [9.17, 15) is 4.79 Å². The van der Waals surface area contributed by atoms with Crippen LogP contribution >= 0.6 is 0 Å². The highest BCUT2D eigenvalue weighted by Crippen LogP contribution is 2.16. The smallest absolute Gasteiger partial charge is 0.276 e. The molecule has 3 N–H and O–H groups in total. The van der Waals surface area contributed by atoms with Crippen LogP contribution in [-0.4, -0.2) is 47.8 Å². The maximum absolute atomic E-state index is 12.6. The number of rotatable bonds is 5. The molecule has 1 aromatic heterocycles. The minimum Gasteiger partial charge on any atom is -0.367 e. The van der Waals surface area contributed by atoms with Gasteiger partial charge in [-0.2, -0.15) is 0 Å². The molecule has 3 aromatic rings. The van der Waals surface area contributed by atoms with Gasteiger partial charge in [0.2, 0.25) is 5.96 Å². The number of para-hydroxylation sites is 1. The van der Waals surface area contributed by atoms with Crippen LogP contribution in [0, 0.1) is 0 Å². The van der Waals surface area contributed by atoms with Gasteiger partial charge in [-0.15, -0.1) is 0 Å². The predicted octanol–water partition coefficient (Wildman–Crippen LogP) is 2.61. The van der Waals surface area contributed by atoms with Crippen LogP contribution in [0.5, 0.6) is 5.75 Å². The quantitative estimate of drug-likeness (QED) is 0.413. The molecule has 0 aliphatic rings. The zero-order valence-electron chi connectivity index (χ0n) is 15.6. The van der Waals surface area contributed by atoms with Crippen molar-refractivity contribution < 1.29 is 9.63 Å². The highest BCUT2D eigenvalue weighted by molar-refractivity contribution is 6.06. The first-order chi connectivity index (χ1) is 12.9. The molecule has 2 aromatic carbocycles. The molecule has 0 atom stereocenters. The van der Waals surface area contributed by atoms with Gasteiger partial charge in [0, 0.05) is 24.5 Å². The number of nitrogens with zero attached hydrogens (tertiary/aromatic N) is 3. The fraction of sp³-hybridized carbons (Fsp3) is 0.200. The molecule has 7 heteroatoms. The second-order valence-corrected chi connectivity index (χ2v) is 6.56. The molecule has 140 valence electrons. The second-order valence-electron chi connectivity index (χ2n) is 6.56. The zero-order chi connectivity index (χ0) is 19.4. The van der Waals surface area contributed by atoms with Crippen LogP contribution in [0.4, 0.5) is 0 Å². The molecule has 0 saturated heterocycles. The number of nitrogens with one attached hydrogen (secondary N) is 1. The Morgan fingerprint density at radius 2 is 1.81 bits per heavy atom. The molecule has 0 saturated carbocycles. The molecule has 27 heavy (non-hydrogen) atoms. The number of benzene rings is 2. The average Bonchev–Trinajstić information content (AvgIpc) is 3.09. The highest BCUT2D eigenvalue weighted by Gasteiger charge is 2.17. The van der Waals surface area contributed by atoms with E-state index in [1.165, 1.54) is 4.90 Å². The van der Waals surface area contributed by atoms with Gasteiger partial charge < -0.3 is 20.5 Å². The molecular formula is C20H23N5O2. The molecule has 0 spiro atoms. The van der Waals surface area contributed by atoms with Crippen molar-refractivity contribution in [1.82, 2.24) is 14.8 Å². The summed E-state index contributed by atoms with van der Waals surface area (Å²) in [6.07, 6.45) is 0. The normalized spacial score (nSPS) is 11.8. The molecule has 3 rings (SSSR count).